The molecule has 15 aromatic rings. The van der Waals surface area contributed by atoms with Crippen LogP contribution in [0.15, 0.2) is 166 Å². The molecule has 17 rings (SSSR count). The second-order valence-corrected chi connectivity index (χ2v) is 20.4. The maximum Gasteiger partial charge on any atom is 0.470 e. The molecule has 2 N–H and O–H groups in total. The third kappa shape index (κ3) is 14.1. The summed E-state index contributed by atoms with van der Waals surface area (Å²) >= 11 is 0. The van der Waals surface area contributed by atoms with Gasteiger partial charge in [-0.15, -0.1) is 20.4 Å². The average Bonchev–Trinajstić information content (AvgIpc) is 1.69. The molecular formula is C62H44F6N10O17. The molecule has 0 aliphatic carbocycles. The predicted molar refractivity (Wildman–Crippen MR) is 312 cm³/mol. The Balaban J connectivity index is 0.000000108. The summed E-state index contributed by atoms with van der Waals surface area (Å²) in [4.78, 5) is 12.3. The molecule has 27 nitrogen and oxygen atoms in total. The van der Waals surface area contributed by atoms with Crippen LogP contribution >= 0.6 is 0 Å². The van der Waals surface area contributed by atoms with Gasteiger partial charge in [0, 0.05) is 29.0 Å². The minimum Gasteiger partial charge on any atom is -0.507 e. The first-order valence-corrected chi connectivity index (χ1v) is 28.0. The van der Waals surface area contributed by atoms with Gasteiger partial charge in [-0.3, -0.25) is 0 Å². The van der Waals surface area contributed by atoms with E-state index in [1.807, 2.05) is 48.5 Å². The highest BCUT2D eigenvalue weighted by atomic mass is 19.4. The zero-order valence-electron chi connectivity index (χ0n) is 49.3. The lowest BCUT2D eigenvalue weighted by Crippen LogP contribution is -2.04. The number of alkyl halides is 6. The van der Waals surface area contributed by atoms with Crippen LogP contribution in [0.25, 0.3) is 113 Å². The summed E-state index contributed by atoms with van der Waals surface area (Å²) in [5.41, 5.74) is 2.59. The van der Waals surface area contributed by atoms with Crippen molar-refractivity contribution in [3.05, 3.63) is 151 Å². The summed E-state index contributed by atoms with van der Waals surface area (Å²) in [5, 5.41) is 46.4. The number of methoxy groups -OCH3 is 1. The Labute approximate surface area is 525 Å². The van der Waals surface area contributed by atoms with Gasteiger partial charge in [-0.05, 0) is 81.4 Å². The fourth-order valence-electron chi connectivity index (χ4n) is 8.90. The number of epoxide rings is 2. The first-order valence-electron chi connectivity index (χ1n) is 28.0. The number of aryl methyl sites for hydroxylation is 3. The maximum atomic E-state index is 12.5. The molecule has 12 heterocycles. The third-order valence-corrected chi connectivity index (χ3v) is 13.5. The molecule has 10 aromatic heterocycles. The van der Waals surface area contributed by atoms with Crippen molar-refractivity contribution in [2.45, 2.75) is 45.3 Å². The molecule has 5 aromatic carbocycles. The highest BCUT2D eigenvalue weighted by molar-refractivity contribution is 5.90. The largest absolute Gasteiger partial charge is 0.507 e. The van der Waals surface area contributed by atoms with E-state index in [1.54, 1.807) is 82.5 Å². The zero-order valence-corrected chi connectivity index (χ0v) is 49.3. The average molecular weight is 1320 g/mol. The number of furan rings is 5. The molecule has 33 heteroatoms. The van der Waals surface area contributed by atoms with Crippen LogP contribution in [0, 0.1) is 20.8 Å². The summed E-state index contributed by atoms with van der Waals surface area (Å²) < 4.78 is 153. The molecule has 0 unspecified atom stereocenters. The van der Waals surface area contributed by atoms with Crippen LogP contribution in [-0.2, 0) is 21.8 Å². The lowest BCUT2D eigenvalue weighted by Gasteiger charge is -2.04. The third-order valence-electron chi connectivity index (χ3n) is 13.5. The highest BCUT2D eigenvalue weighted by Crippen LogP contribution is 2.40. The molecule has 486 valence electrons. The van der Waals surface area contributed by atoms with E-state index in [0.717, 1.165) is 40.0 Å². The normalized spacial score (nSPS) is 14.2. The minimum absolute atomic E-state index is 0.0421. The van der Waals surface area contributed by atoms with Crippen molar-refractivity contribution in [2.24, 2.45) is 0 Å². The summed E-state index contributed by atoms with van der Waals surface area (Å²) in [5.74, 6) is 2.72. The van der Waals surface area contributed by atoms with E-state index < -0.39 is 30.0 Å². The molecule has 0 saturated carbocycles. The number of para-hydroxylation sites is 2. The molecule has 2 aliphatic rings. The lowest BCUT2D eigenvalue weighted by atomic mass is 10.2. The lowest BCUT2D eigenvalue weighted by molar-refractivity contribution is -0.157. The summed E-state index contributed by atoms with van der Waals surface area (Å²) in [7, 11) is 1.62. The molecule has 0 spiro atoms. The van der Waals surface area contributed by atoms with Crippen LogP contribution in [-0.4, -0.2) is 107 Å². The second kappa shape index (κ2) is 25.6. The number of aromatic nitrogens is 10. The quantitative estimate of drug-likeness (QED) is 0.0847. The van der Waals surface area contributed by atoms with Gasteiger partial charge in [-0.1, -0.05) is 57.9 Å². The molecular weight excluding hydrogens is 1270 g/mol. The van der Waals surface area contributed by atoms with E-state index in [4.69, 9.17) is 59.3 Å². The Hall–Kier alpha value is -12.0. The van der Waals surface area contributed by atoms with Crippen molar-refractivity contribution >= 4 is 54.8 Å². The number of ether oxygens (including phenoxy) is 5. The highest BCUT2D eigenvalue weighted by Gasteiger charge is 2.40. The van der Waals surface area contributed by atoms with Crippen LogP contribution in [0.2, 0.25) is 0 Å². The van der Waals surface area contributed by atoms with Crippen LogP contribution in [0.4, 0.5) is 26.3 Å². The molecule has 2 fully saturated rings. The number of halogens is 6. The maximum absolute atomic E-state index is 12.5. The molecule has 2 saturated heterocycles. The fraction of sp³-hybridized carbons (Fsp3) is 0.194. The topological polar surface area (TPSA) is 354 Å². The first kappa shape index (κ1) is 61.8. The zero-order chi connectivity index (χ0) is 66.1. The van der Waals surface area contributed by atoms with Crippen molar-refractivity contribution < 1.29 is 105 Å². The van der Waals surface area contributed by atoms with Crippen molar-refractivity contribution in [1.82, 2.24) is 50.8 Å². The van der Waals surface area contributed by atoms with Gasteiger partial charge < -0.3 is 78.4 Å². The number of phenolic OH excluding ortho intramolecular Hbond substituents is 2. The number of aromatic hydroxyl groups is 2. The number of nitrogens with zero attached hydrogens (tertiary/aromatic N) is 10. The smallest absolute Gasteiger partial charge is 0.470 e. The Kier molecular flexibility index (Phi) is 16.7. The second-order valence-electron chi connectivity index (χ2n) is 20.4. The number of hydrogen-bond acceptors (Lipinski definition) is 27. The van der Waals surface area contributed by atoms with E-state index in [1.165, 1.54) is 18.2 Å². The molecule has 0 amide bonds. The number of phenols is 2. The van der Waals surface area contributed by atoms with Gasteiger partial charge in [0.25, 0.3) is 29.5 Å². The van der Waals surface area contributed by atoms with Gasteiger partial charge in [-0.25, -0.2) is 0 Å². The van der Waals surface area contributed by atoms with Crippen LogP contribution < -0.4 is 14.2 Å². The van der Waals surface area contributed by atoms with E-state index in [2.05, 4.69) is 59.7 Å². The van der Waals surface area contributed by atoms with E-state index in [9.17, 15) is 36.6 Å². The van der Waals surface area contributed by atoms with Crippen molar-refractivity contribution in [2.75, 3.05) is 33.5 Å². The Morgan fingerprint density at radius 2 is 0.821 bits per heavy atom. The minimum atomic E-state index is -4.71. The van der Waals surface area contributed by atoms with Gasteiger partial charge in [-0.2, -0.15) is 41.3 Å². The number of benzene rings is 5. The van der Waals surface area contributed by atoms with Gasteiger partial charge in [0.2, 0.25) is 0 Å². The van der Waals surface area contributed by atoms with Crippen molar-refractivity contribution in [3.8, 4) is 87.0 Å². The molecule has 95 heavy (non-hydrogen) atoms. The predicted octanol–water partition coefficient (Wildman–Crippen LogP) is 14.4. The van der Waals surface area contributed by atoms with Gasteiger partial charge in [0.1, 0.15) is 59.4 Å². The van der Waals surface area contributed by atoms with Gasteiger partial charge in [0.15, 0.2) is 68.9 Å². The first-order chi connectivity index (χ1) is 45.8. The van der Waals surface area contributed by atoms with Crippen molar-refractivity contribution in [1.29, 1.82) is 0 Å². The summed E-state index contributed by atoms with van der Waals surface area (Å²) in [6.45, 7) is 7.62. The molecule has 0 bridgehead atoms. The van der Waals surface area contributed by atoms with Gasteiger partial charge in [0.05, 0.1) is 36.5 Å². The molecule has 2 aliphatic heterocycles. The Bertz CT molecular complexity index is 5160. The van der Waals surface area contributed by atoms with Gasteiger partial charge >= 0.3 is 24.1 Å². The Morgan fingerprint density at radius 3 is 1.26 bits per heavy atom. The molecule has 0 radical (unpaired) electrons. The number of fused-ring (bicyclic) bond motifs is 5. The van der Waals surface area contributed by atoms with E-state index in [0.29, 0.717) is 105 Å². The van der Waals surface area contributed by atoms with Crippen molar-refractivity contribution in [3.63, 3.8) is 0 Å². The molecule has 2 atom stereocenters. The SMILES string of the molecule is COc1cccc2oc(-c3nc(C)no3)cc12.Cc1noc(-c2cc3c(O)cccc3o2)n1.Cc1noc(-c2cc3c(OC[C@@H]4CO4)cccc3o2)n1.FC(F)(F)c1nnc(-c2cc3cccc(OC[C@@H]4CO4)c3o2)o1.Oc1cccc2cc(-c3nnc(C(F)(F)F)o3)oc12. The monoisotopic (exact) mass is 1310 g/mol. The Morgan fingerprint density at radius 1 is 0.432 bits per heavy atom. The standard InChI is InChI=1S/C14H9F3N2O4.C14H12N2O4.C12H10N2O3.C11H5F3N2O3.C11H8N2O3/c15-14(16,17)13-19-18-12(23-13)10-4-7-2-1-3-9(11(7)22-10)21-6-8-5-20-8;1-8-15-14(20-16-8)13-5-10-11(18-7-9-6-17-9)3-2-4-12(10)19-13;1-7-13-12(17-14-7)11-6-8-9(15-2)4-3-5-10(8)16-11;12-11(13,14)10-16-15-9(19-10)7-4-5-2-1-3-6(17)8(5)18-7;1-6-12-11(16-13-6)10-5-7-8(14)3-2-4-9(7)15-10/h1-4,8H,5-6H2;2-5,9H,6-7H2,1H3;3-6H,1-2H3;1-4,17H;2-5,14H,1H3/t8-;9-;;;/m00.../s1. The van der Waals surface area contributed by atoms with Crippen LogP contribution in [0.1, 0.15) is 29.3 Å². The van der Waals surface area contributed by atoms with E-state index >= 15 is 0 Å². The summed E-state index contributed by atoms with van der Waals surface area (Å²) in [6, 6.07) is 34.4. The van der Waals surface area contributed by atoms with Crippen LogP contribution in [0.5, 0.6) is 28.7 Å². The summed E-state index contributed by atoms with van der Waals surface area (Å²) in [6.07, 6.45) is -9.12. The number of hydrogen-bond donors (Lipinski definition) is 2. The fourth-order valence-corrected chi connectivity index (χ4v) is 8.90. The van der Waals surface area contributed by atoms with E-state index in [-0.39, 0.29) is 46.7 Å². The van der Waals surface area contributed by atoms with Crippen LogP contribution in [0.3, 0.4) is 0 Å². The number of rotatable bonds is 12.